The first kappa shape index (κ1) is 13.4. The zero-order valence-electron chi connectivity index (χ0n) is 11.8. The summed E-state index contributed by atoms with van der Waals surface area (Å²) in [6, 6.07) is 7.64. The number of benzene rings is 1. The molecule has 1 saturated heterocycles. The van der Waals surface area contributed by atoms with Crippen molar-refractivity contribution in [1.82, 2.24) is 0 Å². The lowest BCUT2D eigenvalue weighted by Gasteiger charge is -2.22. The number of esters is 1. The molecule has 1 heterocycles. The highest BCUT2D eigenvalue weighted by Crippen LogP contribution is 2.49. The van der Waals surface area contributed by atoms with Gasteiger partial charge in [0.05, 0.1) is 6.61 Å². The molecule has 0 aromatic heterocycles. The monoisotopic (exact) mass is 276 g/mol. The third-order valence-corrected chi connectivity index (χ3v) is 4.11. The Morgan fingerprint density at radius 2 is 2.10 bits per heavy atom. The molecule has 0 spiro atoms. The van der Waals surface area contributed by atoms with Crippen molar-refractivity contribution in [1.29, 1.82) is 0 Å². The van der Waals surface area contributed by atoms with Crippen LogP contribution in [0.4, 0.5) is 0 Å². The summed E-state index contributed by atoms with van der Waals surface area (Å²) in [5.74, 6) is 0.780. The third kappa shape index (κ3) is 2.96. The summed E-state index contributed by atoms with van der Waals surface area (Å²) in [4.78, 5) is 11.9. The molecule has 0 unspecified atom stereocenters. The lowest BCUT2D eigenvalue weighted by Crippen LogP contribution is -2.31. The largest absolute Gasteiger partial charge is 0.482 e. The van der Waals surface area contributed by atoms with E-state index in [1.807, 2.05) is 31.2 Å². The summed E-state index contributed by atoms with van der Waals surface area (Å²) in [7, 11) is 0. The predicted octanol–water partition coefficient (Wildman–Crippen LogP) is 2.49. The maximum atomic E-state index is 11.9. The molecule has 108 valence electrons. The molecule has 1 aromatic rings. The van der Waals surface area contributed by atoms with Gasteiger partial charge >= 0.3 is 5.97 Å². The second-order valence-corrected chi connectivity index (χ2v) is 5.70. The van der Waals surface area contributed by atoms with Gasteiger partial charge in [-0.05, 0) is 38.3 Å². The first-order chi connectivity index (χ1) is 9.68. The van der Waals surface area contributed by atoms with Crippen molar-refractivity contribution in [3.63, 3.8) is 0 Å². The number of hydrogen-bond acceptors (Lipinski definition) is 4. The van der Waals surface area contributed by atoms with Gasteiger partial charge in [-0.25, -0.2) is 4.79 Å². The highest BCUT2D eigenvalue weighted by molar-refractivity contribution is 5.72. The third-order valence-electron chi connectivity index (χ3n) is 4.11. The van der Waals surface area contributed by atoms with Gasteiger partial charge in [-0.3, -0.25) is 0 Å². The number of aryl methyl sites for hydroxylation is 1. The summed E-state index contributed by atoms with van der Waals surface area (Å²) < 4.78 is 16.5. The van der Waals surface area contributed by atoms with Crippen LogP contribution < -0.4 is 4.74 Å². The van der Waals surface area contributed by atoms with Crippen LogP contribution in [0.1, 0.15) is 24.8 Å². The van der Waals surface area contributed by atoms with E-state index in [4.69, 9.17) is 14.2 Å². The molecule has 0 N–H and O–H groups in total. The Morgan fingerprint density at radius 1 is 1.35 bits per heavy atom. The first-order valence-electron chi connectivity index (χ1n) is 7.17. The van der Waals surface area contributed by atoms with Crippen molar-refractivity contribution >= 4 is 5.97 Å². The average Bonchev–Trinajstić information content (AvgIpc) is 3.01. The molecule has 1 saturated carbocycles. The minimum absolute atomic E-state index is 0.0294. The van der Waals surface area contributed by atoms with Gasteiger partial charge in [0.25, 0.3) is 0 Å². The minimum Gasteiger partial charge on any atom is -0.482 e. The molecule has 2 fully saturated rings. The smallest absolute Gasteiger partial charge is 0.344 e. The van der Waals surface area contributed by atoms with Crippen molar-refractivity contribution in [2.45, 2.75) is 31.8 Å². The van der Waals surface area contributed by atoms with Crippen LogP contribution in [-0.4, -0.2) is 31.4 Å². The van der Waals surface area contributed by atoms with Crippen LogP contribution in [0.2, 0.25) is 0 Å². The zero-order chi connectivity index (χ0) is 14.0. The fraction of sp³-hybridized carbons (Fsp3) is 0.562. The molecule has 0 bridgehead atoms. The maximum Gasteiger partial charge on any atom is 0.344 e. The fourth-order valence-corrected chi connectivity index (χ4v) is 2.70. The SMILES string of the molecule is Cc1ccc(OCC(=O)OC2([C@@H]3CCOC3)CC2)cc1. The molecule has 4 nitrogen and oxygen atoms in total. The van der Waals surface area contributed by atoms with Gasteiger partial charge in [0.2, 0.25) is 0 Å². The topological polar surface area (TPSA) is 44.8 Å². The number of hydrogen-bond donors (Lipinski definition) is 0. The molecular weight excluding hydrogens is 256 g/mol. The Bertz CT molecular complexity index is 470. The average molecular weight is 276 g/mol. The van der Waals surface area contributed by atoms with E-state index in [9.17, 15) is 4.79 Å². The van der Waals surface area contributed by atoms with Gasteiger partial charge in [0.15, 0.2) is 6.61 Å². The van der Waals surface area contributed by atoms with E-state index in [1.54, 1.807) is 0 Å². The molecule has 2 aliphatic rings. The van der Waals surface area contributed by atoms with Crippen LogP contribution in [0.25, 0.3) is 0 Å². The lowest BCUT2D eigenvalue weighted by molar-refractivity contribution is -0.157. The Balaban J connectivity index is 1.49. The summed E-state index contributed by atoms with van der Waals surface area (Å²) in [5.41, 5.74) is 0.905. The molecule has 20 heavy (non-hydrogen) atoms. The maximum absolute atomic E-state index is 11.9. The van der Waals surface area contributed by atoms with Crippen LogP contribution in [-0.2, 0) is 14.3 Å². The van der Waals surface area contributed by atoms with E-state index in [-0.39, 0.29) is 18.2 Å². The number of ether oxygens (including phenoxy) is 3. The predicted molar refractivity (Wildman–Crippen MR) is 73.7 cm³/mol. The Hall–Kier alpha value is -1.55. The summed E-state index contributed by atoms with van der Waals surface area (Å²) in [5, 5.41) is 0. The summed E-state index contributed by atoms with van der Waals surface area (Å²) in [6.45, 7) is 3.48. The Labute approximate surface area is 119 Å². The minimum atomic E-state index is -0.282. The van der Waals surface area contributed by atoms with Crippen molar-refractivity contribution in [2.24, 2.45) is 5.92 Å². The molecule has 1 aliphatic heterocycles. The van der Waals surface area contributed by atoms with Gasteiger partial charge in [0.1, 0.15) is 11.4 Å². The molecule has 1 atom stereocenters. The molecule has 3 rings (SSSR count). The van der Waals surface area contributed by atoms with Crippen molar-refractivity contribution in [3.8, 4) is 5.75 Å². The van der Waals surface area contributed by atoms with E-state index in [0.29, 0.717) is 18.3 Å². The first-order valence-corrected chi connectivity index (χ1v) is 7.17. The Morgan fingerprint density at radius 3 is 2.70 bits per heavy atom. The van der Waals surface area contributed by atoms with E-state index in [1.165, 1.54) is 0 Å². The van der Waals surface area contributed by atoms with Gasteiger partial charge in [-0.15, -0.1) is 0 Å². The molecule has 0 radical (unpaired) electrons. The molecule has 0 amide bonds. The highest BCUT2D eigenvalue weighted by Gasteiger charge is 2.54. The highest BCUT2D eigenvalue weighted by atomic mass is 16.6. The van der Waals surface area contributed by atoms with Gasteiger partial charge < -0.3 is 14.2 Å². The second kappa shape index (κ2) is 5.44. The van der Waals surface area contributed by atoms with Gasteiger partial charge in [-0.1, -0.05) is 17.7 Å². The number of carbonyl (C=O) groups is 1. The quantitative estimate of drug-likeness (QED) is 0.775. The second-order valence-electron chi connectivity index (χ2n) is 5.70. The number of carbonyl (C=O) groups excluding carboxylic acids is 1. The molecule has 4 heteroatoms. The summed E-state index contributed by atoms with van der Waals surface area (Å²) in [6.07, 6.45) is 2.90. The van der Waals surface area contributed by atoms with Crippen LogP contribution in [0.5, 0.6) is 5.75 Å². The summed E-state index contributed by atoms with van der Waals surface area (Å²) >= 11 is 0. The lowest BCUT2D eigenvalue weighted by atomic mass is 9.99. The molecular formula is C16H20O4. The normalized spacial score (nSPS) is 23.4. The van der Waals surface area contributed by atoms with Crippen molar-refractivity contribution in [2.75, 3.05) is 19.8 Å². The molecule has 1 aliphatic carbocycles. The van der Waals surface area contributed by atoms with Crippen LogP contribution in [0.15, 0.2) is 24.3 Å². The van der Waals surface area contributed by atoms with E-state index in [2.05, 4.69) is 0 Å². The van der Waals surface area contributed by atoms with E-state index < -0.39 is 0 Å². The standard InChI is InChI=1S/C16H20O4/c1-12-2-4-14(5-3-12)19-11-15(17)20-16(7-8-16)13-6-9-18-10-13/h2-5,13H,6-11H2,1H3/t13-/m1/s1. The van der Waals surface area contributed by atoms with Crippen molar-refractivity contribution in [3.05, 3.63) is 29.8 Å². The van der Waals surface area contributed by atoms with Crippen LogP contribution in [0, 0.1) is 12.8 Å². The molecule has 1 aromatic carbocycles. The van der Waals surface area contributed by atoms with E-state index >= 15 is 0 Å². The van der Waals surface area contributed by atoms with E-state index in [0.717, 1.165) is 31.4 Å². The fourth-order valence-electron chi connectivity index (χ4n) is 2.70. The van der Waals surface area contributed by atoms with Gasteiger partial charge in [0, 0.05) is 12.5 Å². The van der Waals surface area contributed by atoms with Crippen LogP contribution in [0.3, 0.4) is 0 Å². The van der Waals surface area contributed by atoms with Crippen molar-refractivity contribution < 1.29 is 19.0 Å². The Kier molecular flexibility index (Phi) is 3.66. The van der Waals surface area contributed by atoms with Gasteiger partial charge in [-0.2, -0.15) is 0 Å². The van der Waals surface area contributed by atoms with Crippen LogP contribution >= 0.6 is 0 Å². The number of rotatable bonds is 5. The zero-order valence-corrected chi connectivity index (χ0v) is 11.8.